The molecule has 0 spiro atoms. The molecule has 0 aromatic carbocycles. The van der Waals surface area contributed by atoms with Gasteiger partial charge in [-0.3, -0.25) is 0 Å². The highest BCUT2D eigenvalue weighted by Crippen LogP contribution is 2.22. The van der Waals surface area contributed by atoms with Crippen molar-refractivity contribution in [3.8, 4) is 0 Å². The van der Waals surface area contributed by atoms with Crippen LogP contribution in [-0.4, -0.2) is 34.8 Å². The van der Waals surface area contributed by atoms with Gasteiger partial charge in [0.2, 0.25) is 0 Å². The van der Waals surface area contributed by atoms with Crippen LogP contribution < -0.4 is 4.90 Å². The van der Waals surface area contributed by atoms with Crippen molar-refractivity contribution in [1.82, 2.24) is 9.97 Å². The van der Waals surface area contributed by atoms with E-state index in [-0.39, 0.29) is 0 Å². The number of halogens is 1. The molecule has 0 atom stereocenters. The highest BCUT2D eigenvalue weighted by molar-refractivity contribution is 9.10. The molecule has 2 heterocycles. The van der Waals surface area contributed by atoms with Gasteiger partial charge in [-0.15, -0.1) is 0 Å². The van der Waals surface area contributed by atoms with E-state index in [1.165, 1.54) is 0 Å². The topological polar surface area (TPSA) is 49.2 Å². The van der Waals surface area contributed by atoms with E-state index in [0.717, 1.165) is 36.4 Å². The van der Waals surface area contributed by atoms with E-state index in [4.69, 9.17) is 5.11 Å². The highest BCUT2D eigenvalue weighted by atomic mass is 79.9. The van der Waals surface area contributed by atoms with Crippen molar-refractivity contribution in [2.45, 2.75) is 12.8 Å². The Hall–Kier alpha value is -0.680. The SMILES string of the molecule is OCC1CCN(c2cc(Br)ncn2)CC1. The van der Waals surface area contributed by atoms with Gasteiger partial charge in [0.05, 0.1) is 0 Å². The number of nitrogens with zero attached hydrogens (tertiary/aromatic N) is 3. The van der Waals surface area contributed by atoms with Crippen molar-refractivity contribution in [3.05, 3.63) is 17.0 Å². The third-order valence-electron chi connectivity index (χ3n) is 2.82. The van der Waals surface area contributed by atoms with Crippen LogP contribution in [0.2, 0.25) is 0 Å². The number of hydrogen-bond acceptors (Lipinski definition) is 4. The second-order valence-electron chi connectivity index (χ2n) is 3.81. The van der Waals surface area contributed by atoms with Crippen molar-refractivity contribution in [2.24, 2.45) is 5.92 Å². The smallest absolute Gasteiger partial charge is 0.133 e. The molecule has 1 aromatic rings. The van der Waals surface area contributed by atoms with Crippen LogP contribution >= 0.6 is 15.9 Å². The largest absolute Gasteiger partial charge is 0.396 e. The van der Waals surface area contributed by atoms with Crippen LogP contribution in [0, 0.1) is 5.92 Å². The predicted molar refractivity (Wildman–Crippen MR) is 61.8 cm³/mol. The molecule has 1 saturated heterocycles. The van der Waals surface area contributed by atoms with Gasteiger partial charge in [0.1, 0.15) is 16.7 Å². The summed E-state index contributed by atoms with van der Waals surface area (Å²) in [7, 11) is 0. The zero-order valence-corrected chi connectivity index (χ0v) is 10.0. The molecule has 1 N–H and O–H groups in total. The van der Waals surface area contributed by atoms with Crippen LogP contribution in [0.5, 0.6) is 0 Å². The summed E-state index contributed by atoms with van der Waals surface area (Å²) >= 11 is 3.34. The first-order valence-electron chi connectivity index (χ1n) is 5.13. The predicted octanol–water partition coefficient (Wildman–Crippen LogP) is 1.45. The van der Waals surface area contributed by atoms with Crippen LogP contribution in [0.25, 0.3) is 0 Å². The lowest BCUT2D eigenvalue weighted by Gasteiger charge is -2.31. The summed E-state index contributed by atoms with van der Waals surface area (Å²) in [5.74, 6) is 1.43. The minimum atomic E-state index is 0.307. The van der Waals surface area contributed by atoms with Crippen molar-refractivity contribution >= 4 is 21.7 Å². The summed E-state index contributed by atoms with van der Waals surface area (Å²) in [5.41, 5.74) is 0. The maximum absolute atomic E-state index is 9.04. The third-order valence-corrected chi connectivity index (χ3v) is 3.25. The minimum Gasteiger partial charge on any atom is -0.396 e. The van der Waals surface area contributed by atoms with Gasteiger partial charge in [0, 0.05) is 25.8 Å². The first-order valence-corrected chi connectivity index (χ1v) is 5.92. The van der Waals surface area contributed by atoms with Crippen molar-refractivity contribution < 1.29 is 5.11 Å². The lowest BCUT2D eigenvalue weighted by atomic mass is 9.98. The number of aliphatic hydroxyl groups excluding tert-OH is 1. The molecular formula is C10H14BrN3O. The van der Waals surface area contributed by atoms with Gasteiger partial charge < -0.3 is 10.0 Å². The summed E-state index contributed by atoms with van der Waals surface area (Å²) in [5, 5.41) is 9.04. The Balaban J connectivity index is 2.01. The second kappa shape index (κ2) is 4.90. The molecule has 0 bridgehead atoms. The van der Waals surface area contributed by atoms with E-state index in [1.54, 1.807) is 6.33 Å². The molecule has 2 rings (SSSR count). The molecule has 1 aliphatic rings. The molecule has 5 heteroatoms. The van der Waals surface area contributed by atoms with Gasteiger partial charge in [0.25, 0.3) is 0 Å². The molecule has 0 saturated carbocycles. The highest BCUT2D eigenvalue weighted by Gasteiger charge is 2.19. The first-order chi connectivity index (χ1) is 7.29. The van der Waals surface area contributed by atoms with Crippen LogP contribution in [0.4, 0.5) is 5.82 Å². The molecule has 0 aliphatic carbocycles. The molecule has 15 heavy (non-hydrogen) atoms. The molecular weight excluding hydrogens is 258 g/mol. The third kappa shape index (κ3) is 2.66. The maximum Gasteiger partial charge on any atom is 0.133 e. The van der Waals surface area contributed by atoms with Crippen LogP contribution in [0.3, 0.4) is 0 Å². The summed E-state index contributed by atoms with van der Waals surface area (Å²) < 4.78 is 0.816. The summed E-state index contributed by atoms with van der Waals surface area (Å²) in [4.78, 5) is 10.5. The molecule has 0 radical (unpaired) electrons. The average molecular weight is 272 g/mol. The van der Waals surface area contributed by atoms with Gasteiger partial charge in [0.15, 0.2) is 0 Å². The average Bonchev–Trinajstić information content (AvgIpc) is 2.29. The van der Waals surface area contributed by atoms with Gasteiger partial charge in [-0.05, 0) is 34.7 Å². The number of anilines is 1. The fraction of sp³-hybridized carbons (Fsp3) is 0.600. The number of aromatic nitrogens is 2. The van der Waals surface area contributed by atoms with Gasteiger partial charge >= 0.3 is 0 Å². The Labute approximate surface area is 97.5 Å². The first kappa shape index (κ1) is 10.8. The van der Waals surface area contributed by atoms with E-state index in [1.807, 2.05) is 6.07 Å². The quantitative estimate of drug-likeness (QED) is 0.828. The van der Waals surface area contributed by atoms with E-state index in [2.05, 4.69) is 30.8 Å². The summed E-state index contributed by atoms with van der Waals surface area (Å²) in [6.45, 7) is 2.24. The molecule has 0 amide bonds. The second-order valence-corrected chi connectivity index (χ2v) is 4.62. The normalized spacial score (nSPS) is 18.1. The number of piperidine rings is 1. The maximum atomic E-state index is 9.04. The summed E-state index contributed by atoms with van der Waals surface area (Å²) in [6, 6.07) is 1.93. The number of rotatable bonds is 2. The molecule has 1 aromatic heterocycles. The van der Waals surface area contributed by atoms with Crippen molar-refractivity contribution in [2.75, 3.05) is 24.6 Å². The zero-order valence-electron chi connectivity index (χ0n) is 8.43. The number of aliphatic hydroxyl groups is 1. The fourth-order valence-corrected chi connectivity index (χ4v) is 2.14. The Morgan fingerprint density at radius 1 is 1.40 bits per heavy atom. The Morgan fingerprint density at radius 3 is 2.73 bits per heavy atom. The Morgan fingerprint density at radius 2 is 2.13 bits per heavy atom. The van der Waals surface area contributed by atoms with E-state index >= 15 is 0 Å². The van der Waals surface area contributed by atoms with E-state index in [9.17, 15) is 0 Å². The van der Waals surface area contributed by atoms with Gasteiger partial charge in [-0.25, -0.2) is 9.97 Å². The minimum absolute atomic E-state index is 0.307. The van der Waals surface area contributed by atoms with Crippen LogP contribution in [0.1, 0.15) is 12.8 Å². The molecule has 4 nitrogen and oxygen atoms in total. The van der Waals surface area contributed by atoms with Crippen LogP contribution in [-0.2, 0) is 0 Å². The Kier molecular flexibility index (Phi) is 3.53. The van der Waals surface area contributed by atoms with E-state index in [0.29, 0.717) is 12.5 Å². The van der Waals surface area contributed by atoms with Gasteiger partial charge in [-0.1, -0.05) is 0 Å². The lowest BCUT2D eigenvalue weighted by Crippen LogP contribution is -2.35. The van der Waals surface area contributed by atoms with E-state index < -0.39 is 0 Å². The molecule has 1 fully saturated rings. The molecule has 82 valence electrons. The Bertz CT molecular complexity index is 326. The van der Waals surface area contributed by atoms with Crippen molar-refractivity contribution in [1.29, 1.82) is 0 Å². The summed E-state index contributed by atoms with van der Waals surface area (Å²) in [6.07, 6.45) is 3.65. The monoisotopic (exact) mass is 271 g/mol. The van der Waals surface area contributed by atoms with Crippen molar-refractivity contribution in [3.63, 3.8) is 0 Å². The standard InChI is InChI=1S/C10H14BrN3O/c11-9-5-10(13-7-12-9)14-3-1-8(6-15)2-4-14/h5,7-8,15H,1-4,6H2. The van der Waals surface area contributed by atoms with Gasteiger partial charge in [-0.2, -0.15) is 0 Å². The lowest BCUT2D eigenvalue weighted by molar-refractivity contribution is 0.203. The fourth-order valence-electron chi connectivity index (χ4n) is 1.84. The number of hydrogen-bond donors (Lipinski definition) is 1. The molecule has 0 unspecified atom stereocenters. The zero-order chi connectivity index (χ0) is 10.7. The molecule has 1 aliphatic heterocycles. The van der Waals surface area contributed by atoms with Crippen LogP contribution in [0.15, 0.2) is 17.0 Å².